The molecule has 2 aliphatic carbocycles. The molecule has 0 radical (unpaired) electrons. The number of nitrogens with zero attached hydrogens (tertiary/aromatic N) is 5. The predicted octanol–water partition coefficient (Wildman–Crippen LogP) is 3.30. The molecule has 1 spiro atoms. The van der Waals surface area contributed by atoms with Gasteiger partial charge in [0.2, 0.25) is 0 Å². The highest BCUT2D eigenvalue weighted by Gasteiger charge is 2.74. The highest BCUT2D eigenvalue weighted by Crippen LogP contribution is 2.78. The third kappa shape index (κ3) is 1.99. The van der Waals surface area contributed by atoms with E-state index in [0.29, 0.717) is 5.41 Å². The van der Waals surface area contributed by atoms with Crippen molar-refractivity contribution in [1.82, 2.24) is 24.7 Å². The summed E-state index contributed by atoms with van der Waals surface area (Å²) in [6, 6.07) is 4.06. The molecule has 1 atom stereocenters. The van der Waals surface area contributed by atoms with Crippen molar-refractivity contribution in [2.45, 2.75) is 36.6 Å². The molecule has 0 N–H and O–H groups in total. The van der Waals surface area contributed by atoms with Gasteiger partial charge < -0.3 is 0 Å². The molecule has 2 saturated carbocycles. The van der Waals surface area contributed by atoms with Gasteiger partial charge in [0.15, 0.2) is 5.82 Å². The van der Waals surface area contributed by atoms with Gasteiger partial charge in [-0.3, -0.25) is 4.98 Å². The molecular formula is C19H17N5S. The van der Waals surface area contributed by atoms with Crippen LogP contribution in [0.5, 0.6) is 0 Å². The Morgan fingerprint density at radius 2 is 2.08 bits per heavy atom. The van der Waals surface area contributed by atoms with Crippen LogP contribution in [0.15, 0.2) is 29.6 Å². The topological polar surface area (TPSA) is 56.5 Å². The molecule has 0 amide bonds. The number of hydrogen-bond acceptors (Lipinski definition) is 5. The number of pyridine rings is 1. The van der Waals surface area contributed by atoms with Crippen molar-refractivity contribution in [2.24, 2.45) is 5.41 Å². The number of aromatic nitrogens is 5. The van der Waals surface area contributed by atoms with Crippen molar-refractivity contribution in [3.63, 3.8) is 0 Å². The molecule has 1 unspecified atom stereocenters. The molecule has 0 saturated heterocycles. The van der Waals surface area contributed by atoms with Gasteiger partial charge in [0.25, 0.3) is 0 Å². The summed E-state index contributed by atoms with van der Waals surface area (Å²) < 4.78 is 1.86. The number of fused-ring (bicyclic) bond motifs is 1. The molecule has 3 heterocycles. The Bertz CT molecular complexity index is 1060. The van der Waals surface area contributed by atoms with Crippen LogP contribution in [0.4, 0.5) is 0 Å². The molecule has 124 valence electrons. The zero-order valence-electron chi connectivity index (χ0n) is 14.2. The van der Waals surface area contributed by atoms with E-state index in [1.165, 1.54) is 12.8 Å². The maximum absolute atomic E-state index is 5.91. The minimum Gasteiger partial charge on any atom is -0.259 e. The molecule has 6 heteroatoms. The number of aryl methyl sites for hydroxylation is 1. The summed E-state index contributed by atoms with van der Waals surface area (Å²) in [7, 11) is 0. The molecular weight excluding hydrogens is 330 g/mol. The van der Waals surface area contributed by atoms with Crippen LogP contribution < -0.4 is 0 Å². The Hall–Kier alpha value is -2.39. The maximum Gasteiger partial charge on any atom is 0.158 e. The molecule has 0 bridgehead atoms. The average molecular weight is 347 g/mol. The van der Waals surface area contributed by atoms with Crippen LogP contribution in [0.3, 0.4) is 0 Å². The first-order chi connectivity index (χ1) is 12.1. The van der Waals surface area contributed by atoms with Crippen LogP contribution in [0, 0.1) is 24.7 Å². The van der Waals surface area contributed by atoms with Gasteiger partial charge in [-0.15, -0.1) is 18.2 Å². The first kappa shape index (κ1) is 14.9. The minimum atomic E-state index is -0.178. The average Bonchev–Trinajstić information content (AvgIpc) is 3.50. The van der Waals surface area contributed by atoms with Crippen LogP contribution in [0.25, 0.3) is 16.7 Å². The standard InChI is InChI=1S/C19H17N5S/c1-4-19(11-18(19)5-6-18)15-7-14-13(9-20-15)10-21-24(14)16-8-17(25-3)23-12(2)22-16/h1,7-10H,5-6,11H2,2-3H3. The third-order valence-electron chi connectivity index (χ3n) is 5.60. The largest absolute Gasteiger partial charge is 0.259 e. The molecule has 0 aliphatic heterocycles. The lowest BCUT2D eigenvalue weighted by Crippen LogP contribution is -2.10. The fourth-order valence-corrected chi connectivity index (χ4v) is 4.38. The normalized spacial score (nSPS) is 22.9. The molecule has 5 rings (SSSR count). The van der Waals surface area contributed by atoms with Crippen LogP contribution in [-0.4, -0.2) is 31.0 Å². The summed E-state index contributed by atoms with van der Waals surface area (Å²) in [5.74, 6) is 4.55. The summed E-state index contributed by atoms with van der Waals surface area (Å²) in [6.45, 7) is 1.90. The van der Waals surface area contributed by atoms with E-state index < -0.39 is 0 Å². The Kier molecular flexibility index (Phi) is 2.88. The maximum atomic E-state index is 5.91. The summed E-state index contributed by atoms with van der Waals surface area (Å²) in [4.78, 5) is 13.7. The summed E-state index contributed by atoms with van der Waals surface area (Å²) in [5.41, 5.74) is 2.14. The van der Waals surface area contributed by atoms with Crippen molar-refractivity contribution >= 4 is 22.7 Å². The Labute approximate surface area is 150 Å². The van der Waals surface area contributed by atoms with Crippen LogP contribution in [0.2, 0.25) is 0 Å². The molecule has 3 aromatic heterocycles. The Morgan fingerprint density at radius 1 is 1.24 bits per heavy atom. The zero-order chi connectivity index (χ0) is 17.2. The molecule has 25 heavy (non-hydrogen) atoms. The second-order valence-electron chi connectivity index (χ2n) is 7.01. The molecule has 0 aromatic carbocycles. The fraction of sp³-hybridized carbons (Fsp3) is 0.368. The minimum absolute atomic E-state index is 0.178. The van der Waals surface area contributed by atoms with E-state index in [4.69, 9.17) is 6.42 Å². The van der Waals surface area contributed by atoms with Gasteiger partial charge in [-0.1, -0.05) is 5.92 Å². The number of rotatable bonds is 3. The SMILES string of the molecule is C#CC1(c2cc3c(cn2)cnn3-c2cc(SC)nc(C)n2)CC12CC2. The summed E-state index contributed by atoms with van der Waals surface area (Å²) in [5, 5.41) is 6.45. The first-order valence-corrected chi connectivity index (χ1v) is 9.55. The van der Waals surface area contributed by atoms with E-state index in [1.807, 2.05) is 36.3 Å². The number of hydrogen-bond donors (Lipinski definition) is 0. The van der Waals surface area contributed by atoms with E-state index in [2.05, 4.69) is 32.0 Å². The second-order valence-corrected chi connectivity index (χ2v) is 7.83. The molecule has 5 nitrogen and oxygen atoms in total. The zero-order valence-corrected chi connectivity index (χ0v) is 15.0. The van der Waals surface area contributed by atoms with Gasteiger partial charge in [0.1, 0.15) is 10.9 Å². The van der Waals surface area contributed by atoms with E-state index in [9.17, 15) is 0 Å². The lowest BCUT2D eigenvalue weighted by Gasteiger charge is -2.11. The van der Waals surface area contributed by atoms with Crippen LogP contribution in [0.1, 0.15) is 30.8 Å². The van der Waals surface area contributed by atoms with Gasteiger partial charge >= 0.3 is 0 Å². The number of thioether (sulfide) groups is 1. The van der Waals surface area contributed by atoms with Crippen molar-refractivity contribution < 1.29 is 0 Å². The second kappa shape index (κ2) is 4.83. The lowest BCUT2D eigenvalue weighted by atomic mass is 9.98. The smallest absolute Gasteiger partial charge is 0.158 e. The van der Waals surface area contributed by atoms with Gasteiger partial charge in [-0.25, -0.2) is 14.6 Å². The van der Waals surface area contributed by atoms with Gasteiger partial charge in [-0.2, -0.15) is 5.10 Å². The van der Waals surface area contributed by atoms with Crippen molar-refractivity contribution in [2.75, 3.05) is 6.26 Å². The van der Waals surface area contributed by atoms with E-state index in [1.54, 1.807) is 11.8 Å². The molecule has 2 aliphatic rings. The highest BCUT2D eigenvalue weighted by molar-refractivity contribution is 7.98. The molecule has 2 fully saturated rings. The van der Waals surface area contributed by atoms with Crippen LogP contribution in [-0.2, 0) is 5.41 Å². The van der Waals surface area contributed by atoms with Gasteiger partial charge in [0, 0.05) is 17.6 Å². The highest BCUT2D eigenvalue weighted by atomic mass is 32.2. The molecule has 3 aromatic rings. The quantitative estimate of drug-likeness (QED) is 0.413. The first-order valence-electron chi connectivity index (χ1n) is 8.33. The Balaban J connectivity index is 1.67. The van der Waals surface area contributed by atoms with E-state index in [0.717, 1.165) is 39.7 Å². The Morgan fingerprint density at radius 3 is 2.76 bits per heavy atom. The van der Waals surface area contributed by atoms with Crippen LogP contribution >= 0.6 is 11.8 Å². The summed E-state index contributed by atoms with van der Waals surface area (Å²) >= 11 is 1.60. The van der Waals surface area contributed by atoms with E-state index in [-0.39, 0.29) is 5.41 Å². The lowest BCUT2D eigenvalue weighted by molar-refractivity contribution is 0.724. The summed E-state index contributed by atoms with van der Waals surface area (Å²) in [6.07, 6.45) is 15.1. The van der Waals surface area contributed by atoms with Crippen molar-refractivity contribution in [1.29, 1.82) is 0 Å². The van der Waals surface area contributed by atoms with Gasteiger partial charge in [-0.05, 0) is 43.9 Å². The monoisotopic (exact) mass is 347 g/mol. The van der Waals surface area contributed by atoms with Crippen molar-refractivity contribution in [3.05, 3.63) is 36.0 Å². The number of terminal acetylenes is 1. The fourth-order valence-electron chi connectivity index (χ4n) is 3.93. The van der Waals surface area contributed by atoms with Crippen molar-refractivity contribution in [3.8, 4) is 18.2 Å². The van der Waals surface area contributed by atoms with Gasteiger partial charge in [0.05, 0.1) is 22.8 Å². The third-order valence-corrected chi connectivity index (χ3v) is 6.23. The van der Waals surface area contributed by atoms with E-state index >= 15 is 0 Å². The predicted molar refractivity (Wildman–Crippen MR) is 97.8 cm³/mol.